The second-order valence-electron chi connectivity index (χ2n) is 5.76. The Hall–Kier alpha value is -3.92. The first kappa shape index (κ1) is 17.5. The van der Waals surface area contributed by atoms with Gasteiger partial charge in [0.2, 0.25) is 10.6 Å². The van der Waals surface area contributed by atoms with Crippen LogP contribution >= 0.6 is 12.2 Å². The SMILES string of the molecule is O=[N+]([O-])c1ccccc1/C=N/n1c(-c2cc(-c3ccccc3)n[nH]2)n[nH]c1=S. The summed E-state index contributed by atoms with van der Waals surface area (Å²) in [6, 6.07) is 17.8. The molecule has 0 aliphatic rings. The number of nitrogens with one attached hydrogen (secondary N) is 2. The molecule has 0 unspecified atom stereocenters. The van der Waals surface area contributed by atoms with Crippen molar-refractivity contribution in [1.82, 2.24) is 25.1 Å². The molecule has 2 aromatic heterocycles. The molecule has 28 heavy (non-hydrogen) atoms. The lowest BCUT2D eigenvalue weighted by Gasteiger charge is -1.99. The molecule has 0 radical (unpaired) electrons. The molecule has 0 bridgehead atoms. The highest BCUT2D eigenvalue weighted by atomic mass is 32.1. The van der Waals surface area contributed by atoms with Crippen molar-refractivity contribution in [3.63, 3.8) is 0 Å². The van der Waals surface area contributed by atoms with E-state index in [1.165, 1.54) is 17.0 Å². The Morgan fingerprint density at radius 3 is 2.61 bits per heavy atom. The van der Waals surface area contributed by atoms with Crippen LogP contribution in [0.25, 0.3) is 22.8 Å². The predicted octanol–water partition coefficient (Wildman–Crippen LogP) is 3.79. The third-order valence-electron chi connectivity index (χ3n) is 3.98. The van der Waals surface area contributed by atoms with Gasteiger partial charge in [0.1, 0.15) is 5.69 Å². The van der Waals surface area contributed by atoms with Gasteiger partial charge in [0, 0.05) is 11.6 Å². The third-order valence-corrected chi connectivity index (χ3v) is 4.25. The minimum Gasteiger partial charge on any atom is -0.274 e. The maximum atomic E-state index is 11.2. The van der Waals surface area contributed by atoms with Crippen LogP contribution in [0.2, 0.25) is 0 Å². The minimum atomic E-state index is -0.460. The van der Waals surface area contributed by atoms with Crippen LogP contribution in [-0.2, 0) is 0 Å². The summed E-state index contributed by atoms with van der Waals surface area (Å²) in [5.41, 5.74) is 2.62. The van der Waals surface area contributed by atoms with E-state index in [9.17, 15) is 10.1 Å². The molecule has 9 nitrogen and oxygen atoms in total. The van der Waals surface area contributed by atoms with Gasteiger partial charge in [0.05, 0.1) is 22.4 Å². The molecule has 0 fully saturated rings. The van der Waals surface area contributed by atoms with Crippen molar-refractivity contribution in [3.05, 3.63) is 81.1 Å². The average molecular weight is 391 g/mol. The predicted molar refractivity (Wildman–Crippen MR) is 107 cm³/mol. The number of nitro benzene ring substituents is 1. The maximum Gasteiger partial charge on any atom is 0.278 e. The van der Waals surface area contributed by atoms with E-state index in [2.05, 4.69) is 25.5 Å². The van der Waals surface area contributed by atoms with Gasteiger partial charge in [-0.25, -0.2) is 5.10 Å². The van der Waals surface area contributed by atoms with E-state index in [0.29, 0.717) is 17.1 Å². The van der Waals surface area contributed by atoms with Gasteiger partial charge in [0.25, 0.3) is 5.69 Å². The van der Waals surface area contributed by atoms with E-state index in [1.807, 2.05) is 36.4 Å². The van der Waals surface area contributed by atoms with Crippen LogP contribution in [0.15, 0.2) is 65.8 Å². The minimum absolute atomic E-state index is 0.0456. The van der Waals surface area contributed by atoms with Crippen LogP contribution in [0.4, 0.5) is 5.69 Å². The molecule has 0 aliphatic carbocycles. The van der Waals surface area contributed by atoms with Crippen LogP contribution in [-0.4, -0.2) is 36.2 Å². The molecular weight excluding hydrogens is 378 g/mol. The van der Waals surface area contributed by atoms with Crippen molar-refractivity contribution in [1.29, 1.82) is 0 Å². The van der Waals surface area contributed by atoms with Gasteiger partial charge >= 0.3 is 0 Å². The number of hydrogen-bond acceptors (Lipinski definition) is 6. The number of aromatic nitrogens is 5. The van der Waals surface area contributed by atoms with Crippen molar-refractivity contribution >= 4 is 24.1 Å². The van der Waals surface area contributed by atoms with Gasteiger partial charge in [-0.3, -0.25) is 15.2 Å². The molecule has 4 rings (SSSR count). The van der Waals surface area contributed by atoms with Gasteiger partial charge in [0.15, 0.2) is 0 Å². The van der Waals surface area contributed by atoms with Crippen LogP contribution < -0.4 is 0 Å². The second kappa shape index (κ2) is 7.37. The second-order valence-corrected chi connectivity index (χ2v) is 6.14. The first-order valence-corrected chi connectivity index (χ1v) is 8.61. The van der Waals surface area contributed by atoms with E-state index in [4.69, 9.17) is 12.2 Å². The summed E-state index contributed by atoms with van der Waals surface area (Å²) in [5, 5.41) is 29.5. The van der Waals surface area contributed by atoms with Gasteiger partial charge in [-0.1, -0.05) is 42.5 Å². The zero-order chi connectivity index (χ0) is 19.5. The number of hydrogen-bond donors (Lipinski definition) is 2. The van der Waals surface area contributed by atoms with E-state index in [-0.39, 0.29) is 10.5 Å². The molecule has 0 saturated heterocycles. The van der Waals surface area contributed by atoms with Crippen LogP contribution in [0.3, 0.4) is 0 Å². The lowest BCUT2D eigenvalue weighted by molar-refractivity contribution is -0.385. The van der Waals surface area contributed by atoms with Crippen LogP contribution in [0, 0.1) is 14.9 Å². The lowest BCUT2D eigenvalue weighted by atomic mass is 10.1. The summed E-state index contributed by atoms with van der Waals surface area (Å²) in [4.78, 5) is 10.7. The highest BCUT2D eigenvalue weighted by molar-refractivity contribution is 7.71. The zero-order valence-corrected chi connectivity index (χ0v) is 15.1. The fourth-order valence-corrected chi connectivity index (χ4v) is 2.83. The van der Waals surface area contributed by atoms with Gasteiger partial charge in [-0.2, -0.15) is 20.0 Å². The van der Waals surface area contributed by atoms with Gasteiger partial charge < -0.3 is 0 Å². The normalized spacial score (nSPS) is 11.1. The number of para-hydroxylation sites is 1. The summed E-state index contributed by atoms with van der Waals surface area (Å²) in [6.45, 7) is 0. The van der Waals surface area contributed by atoms with Crippen molar-refractivity contribution in [2.75, 3.05) is 0 Å². The summed E-state index contributed by atoms with van der Waals surface area (Å²) >= 11 is 5.24. The Balaban J connectivity index is 1.71. The zero-order valence-electron chi connectivity index (χ0n) is 14.3. The summed E-state index contributed by atoms with van der Waals surface area (Å²) in [6.07, 6.45) is 1.38. The summed E-state index contributed by atoms with van der Waals surface area (Å²) < 4.78 is 1.63. The number of nitrogens with zero attached hydrogens (tertiary/aromatic N) is 5. The molecule has 0 atom stereocenters. The Morgan fingerprint density at radius 2 is 1.82 bits per heavy atom. The van der Waals surface area contributed by atoms with Crippen LogP contribution in [0.5, 0.6) is 0 Å². The molecule has 2 heterocycles. The fourth-order valence-electron chi connectivity index (χ4n) is 2.65. The number of benzene rings is 2. The Labute approximate surface area is 163 Å². The van der Waals surface area contributed by atoms with E-state index in [1.54, 1.807) is 18.2 Å². The fraction of sp³-hybridized carbons (Fsp3) is 0. The first-order chi connectivity index (χ1) is 13.6. The molecule has 2 N–H and O–H groups in total. The number of nitro groups is 1. The van der Waals surface area contributed by atoms with Crippen molar-refractivity contribution in [3.8, 4) is 22.8 Å². The van der Waals surface area contributed by atoms with Gasteiger partial charge in [-0.05, 0) is 24.4 Å². The molecule has 4 aromatic rings. The van der Waals surface area contributed by atoms with E-state index < -0.39 is 4.92 Å². The van der Waals surface area contributed by atoms with E-state index >= 15 is 0 Å². The van der Waals surface area contributed by atoms with Crippen LogP contribution in [0.1, 0.15) is 5.56 Å². The topological polar surface area (TPSA) is 118 Å². The maximum absolute atomic E-state index is 11.2. The van der Waals surface area contributed by atoms with E-state index in [0.717, 1.165) is 11.3 Å². The Kier molecular flexibility index (Phi) is 4.60. The molecule has 10 heteroatoms. The Morgan fingerprint density at radius 1 is 1.07 bits per heavy atom. The highest BCUT2D eigenvalue weighted by Gasteiger charge is 2.14. The largest absolute Gasteiger partial charge is 0.278 e. The van der Waals surface area contributed by atoms with Crippen molar-refractivity contribution < 1.29 is 4.92 Å². The first-order valence-electron chi connectivity index (χ1n) is 8.20. The van der Waals surface area contributed by atoms with Gasteiger partial charge in [-0.15, -0.1) is 0 Å². The molecule has 138 valence electrons. The molecule has 0 spiro atoms. The standard InChI is InChI=1S/C18H13N7O2S/c26-25(27)16-9-5-4-8-13(16)11-19-24-17(22-23-18(24)28)15-10-14(20-21-15)12-6-2-1-3-7-12/h1-11H,(H,20,21)(H,23,28)/b19-11+. The van der Waals surface area contributed by atoms with Crippen molar-refractivity contribution in [2.24, 2.45) is 5.10 Å². The number of rotatable bonds is 5. The third kappa shape index (κ3) is 3.35. The monoisotopic (exact) mass is 391 g/mol. The number of H-pyrrole nitrogens is 2. The number of aromatic amines is 2. The average Bonchev–Trinajstić information content (AvgIpc) is 3.34. The summed E-state index contributed by atoms with van der Waals surface area (Å²) in [5.74, 6) is 0.412. The van der Waals surface area contributed by atoms with Crippen molar-refractivity contribution in [2.45, 2.75) is 0 Å². The highest BCUT2D eigenvalue weighted by Crippen LogP contribution is 2.23. The molecular formula is C18H13N7O2S. The Bertz CT molecular complexity index is 1220. The molecule has 0 aliphatic heterocycles. The quantitative estimate of drug-likeness (QED) is 0.232. The summed E-state index contributed by atoms with van der Waals surface area (Å²) in [7, 11) is 0. The molecule has 2 aromatic carbocycles. The molecule has 0 saturated carbocycles. The lowest BCUT2D eigenvalue weighted by Crippen LogP contribution is -1.98. The smallest absolute Gasteiger partial charge is 0.274 e. The molecule has 0 amide bonds.